The number of nitrogens with two attached hydrogens (primary N) is 1. The van der Waals surface area contributed by atoms with E-state index in [0.29, 0.717) is 26.1 Å². The predicted molar refractivity (Wildman–Crippen MR) is 50.2 cm³/mol. The van der Waals surface area contributed by atoms with Gasteiger partial charge in [0, 0.05) is 25.2 Å². The molecule has 1 saturated heterocycles. The molecule has 1 heterocycles. The third-order valence-electron chi connectivity index (χ3n) is 2.37. The molecule has 78 valence electrons. The number of hydrogen-bond donors (Lipinski definition) is 2. The van der Waals surface area contributed by atoms with E-state index in [0.717, 1.165) is 0 Å². The zero-order valence-electron chi connectivity index (χ0n) is 8.08. The highest BCUT2D eigenvalue weighted by Crippen LogP contribution is 2.20. The van der Waals surface area contributed by atoms with Crippen molar-refractivity contribution in [1.82, 2.24) is 5.32 Å². The summed E-state index contributed by atoms with van der Waals surface area (Å²) in [6, 6.07) is 1.85. The van der Waals surface area contributed by atoms with Crippen LogP contribution in [0.2, 0.25) is 0 Å². The Labute approximate surface area is 83.2 Å². The van der Waals surface area contributed by atoms with Gasteiger partial charge in [-0.25, -0.2) is 0 Å². The van der Waals surface area contributed by atoms with Crippen LogP contribution in [0.1, 0.15) is 19.3 Å². The molecule has 0 spiro atoms. The van der Waals surface area contributed by atoms with Crippen LogP contribution in [0.3, 0.4) is 0 Å². The van der Waals surface area contributed by atoms with E-state index < -0.39 is 5.54 Å². The van der Waals surface area contributed by atoms with Gasteiger partial charge in [0.2, 0.25) is 5.91 Å². The normalized spacial score (nSPS) is 19.7. The lowest BCUT2D eigenvalue weighted by atomic mass is 9.87. The number of ether oxygens (including phenoxy) is 1. The molecule has 0 unspecified atom stereocenters. The first-order chi connectivity index (χ1) is 6.66. The Morgan fingerprint density at radius 2 is 2.21 bits per heavy atom. The first kappa shape index (κ1) is 11.0. The van der Waals surface area contributed by atoms with Crippen molar-refractivity contribution < 1.29 is 9.53 Å². The quantitative estimate of drug-likeness (QED) is 0.598. The molecule has 0 atom stereocenters. The second-order valence-corrected chi connectivity index (χ2v) is 3.59. The molecular weight excluding hydrogens is 182 g/mol. The molecule has 1 aliphatic heterocycles. The van der Waals surface area contributed by atoms with E-state index >= 15 is 0 Å². The van der Waals surface area contributed by atoms with Crippen molar-refractivity contribution in [1.29, 1.82) is 5.26 Å². The fourth-order valence-electron chi connectivity index (χ4n) is 1.48. The van der Waals surface area contributed by atoms with Gasteiger partial charge in [-0.05, 0) is 12.8 Å². The van der Waals surface area contributed by atoms with Crippen LogP contribution in [0, 0.1) is 11.3 Å². The Kier molecular flexibility index (Phi) is 3.86. The van der Waals surface area contributed by atoms with Crippen molar-refractivity contribution in [3.63, 3.8) is 0 Å². The molecule has 14 heavy (non-hydrogen) atoms. The second kappa shape index (κ2) is 4.94. The van der Waals surface area contributed by atoms with Crippen molar-refractivity contribution >= 4 is 5.91 Å². The molecule has 1 aliphatic rings. The van der Waals surface area contributed by atoms with Gasteiger partial charge in [0.1, 0.15) is 6.54 Å². The number of rotatable bonds is 3. The maximum atomic E-state index is 11.3. The summed E-state index contributed by atoms with van der Waals surface area (Å²) in [7, 11) is 0. The average molecular weight is 197 g/mol. The van der Waals surface area contributed by atoms with E-state index in [1.807, 2.05) is 6.07 Å². The van der Waals surface area contributed by atoms with Crippen molar-refractivity contribution in [2.75, 3.05) is 19.8 Å². The smallest absolute Gasteiger partial charge is 0.222 e. The Morgan fingerprint density at radius 1 is 1.57 bits per heavy atom. The number of hydrogen-bond acceptors (Lipinski definition) is 4. The van der Waals surface area contributed by atoms with E-state index in [2.05, 4.69) is 5.32 Å². The molecule has 5 heteroatoms. The van der Waals surface area contributed by atoms with Crippen LogP contribution >= 0.6 is 0 Å². The van der Waals surface area contributed by atoms with Gasteiger partial charge in [-0.2, -0.15) is 5.26 Å². The SMILES string of the molecule is N#CCNC(=O)CC1(N)CCOCC1. The van der Waals surface area contributed by atoms with E-state index in [-0.39, 0.29) is 18.9 Å². The largest absolute Gasteiger partial charge is 0.381 e. The molecule has 0 radical (unpaired) electrons. The average Bonchev–Trinajstić information content (AvgIpc) is 2.15. The lowest BCUT2D eigenvalue weighted by Crippen LogP contribution is -2.48. The van der Waals surface area contributed by atoms with Crippen LogP contribution in [-0.2, 0) is 9.53 Å². The summed E-state index contributed by atoms with van der Waals surface area (Å²) in [6.45, 7) is 1.27. The van der Waals surface area contributed by atoms with Crippen LogP contribution in [-0.4, -0.2) is 31.2 Å². The van der Waals surface area contributed by atoms with Gasteiger partial charge >= 0.3 is 0 Å². The molecule has 0 aliphatic carbocycles. The zero-order valence-corrected chi connectivity index (χ0v) is 8.08. The lowest BCUT2D eigenvalue weighted by Gasteiger charge is -2.32. The number of nitrogens with one attached hydrogen (secondary N) is 1. The predicted octanol–water partition coefficient (Wildman–Crippen LogP) is -0.476. The highest BCUT2D eigenvalue weighted by molar-refractivity contribution is 5.77. The molecule has 5 nitrogen and oxygen atoms in total. The molecule has 1 fully saturated rings. The third kappa shape index (κ3) is 3.32. The Hall–Kier alpha value is -1.12. The molecule has 0 bridgehead atoms. The molecule has 0 aromatic heterocycles. The molecule has 1 amide bonds. The number of amides is 1. The van der Waals surface area contributed by atoms with Gasteiger partial charge in [-0.3, -0.25) is 4.79 Å². The monoisotopic (exact) mass is 197 g/mol. The second-order valence-electron chi connectivity index (χ2n) is 3.59. The highest BCUT2D eigenvalue weighted by atomic mass is 16.5. The van der Waals surface area contributed by atoms with Crippen molar-refractivity contribution in [3.05, 3.63) is 0 Å². The molecule has 1 rings (SSSR count). The summed E-state index contributed by atoms with van der Waals surface area (Å²) in [6.07, 6.45) is 1.68. The van der Waals surface area contributed by atoms with Crippen molar-refractivity contribution in [2.24, 2.45) is 5.73 Å². The minimum Gasteiger partial charge on any atom is -0.381 e. The van der Waals surface area contributed by atoms with Gasteiger partial charge in [0.05, 0.1) is 6.07 Å². The lowest BCUT2D eigenvalue weighted by molar-refractivity contribution is -0.122. The Bertz CT molecular complexity index is 241. The molecule has 0 saturated carbocycles. The molecule has 3 N–H and O–H groups in total. The van der Waals surface area contributed by atoms with Crippen LogP contribution in [0.25, 0.3) is 0 Å². The highest BCUT2D eigenvalue weighted by Gasteiger charge is 2.30. The van der Waals surface area contributed by atoms with E-state index in [1.54, 1.807) is 0 Å². The summed E-state index contributed by atoms with van der Waals surface area (Å²) >= 11 is 0. The first-order valence-corrected chi connectivity index (χ1v) is 4.67. The Morgan fingerprint density at radius 3 is 2.79 bits per heavy atom. The number of carbonyl (C=O) groups is 1. The number of nitriles is 1. The minimum absolute atomic E-state index is 0.0470. The van der Waals surface area contributed by atoms with Gasteiger partial charge in [-0.15, -0.1) is 0 Å². The van der Waals surface area contributed by atoms with E-state index in [4.69, 9.17) is 15.7 Å². The van der Waals surface area contributed by atoms with Crippen molar-refractivity contribution in [2.45, 2.75) is 24.8 Å². The minimum atomic E-state index is -0.447. The van der Waals surface area contributed by atoms with Gasteiger partial charge in [0.25, 0.3) is 0 Å². The van der Waals surface area contributed by atoms with Crippen LogP contribution in [0.4, 0.5) is 0 Å². The van der Waals surface area contributed by atoms with Gasteiger partial charge < -0.3 is 15.8 Å². The van der Waals surface area contributed by atoms with E-state index in [1.165, 1.54) is 0 Å². The maximum absolute atomic E-state index is 11.3. The summed E-state index contributed by atoms with van der Waals surface area (Å²) in [5, 5.41) is 10.8. The number of nitrogens with zero attached hydrogens (tertiary/aromatic N) is 1. The van der Waals surface area contributed by atoms with Gasteiger partial charge in [0.15, 0.2) is 0 Å². The summed E-state index contributed by atoms with van der Waals surface area (Å²) in [5.74, 6) is -0.157. The van der Waals surface area contributed by atoms with Crippen LogP contribution in [0.15, 0.2) is 0 Å². The summed E-state index contributed by atoms with van der Waals surface area (Å²) in [5.41, 5.74) is 5.56. The fourth-order valence-corrected chi connectivity index (χ4v) is 1.48. The molecular formula is C9H15N3O2. The molecule has 0 aromatic carbocycles. The van der Waals surface area contributed by atoms with Gasteiger partial charge in [-0.1, -0.05) is 0 Å². The third-order valence-corrected chi connectivity index (χ3v) is 2.37. The maximum Gasteiger partial charge on any atom is 0.222 e. The van der Waals surface area contributed by atoms with Crippen LogP contribution in [0.5, 0.6) is 0 Å². The van der Waals surface area contributed by atoms with E-state index in [9.17, 15) is 4.79 Å². The Balaban J connectivity index is 2.34. The summed E-state index contributed by atoms with van der Waals surface area (Å²) < 4.78 is 5.16. The molecule has 0 aromatic rings. The van der Waals surface area contributed by atoms with Crippen LogP contribution < -0.4 is 11.1 Å². The first-order valence-electron chi connectivity index (χ1n) is 4.67. The fraction of sp³-hybridized carbons (Fsp3) is 0.778. The summed E-state index contributed by atoms with van der Waals surface area (Å²) in [4.78, 5) is 11.3. The standard InChI is InChI=1S/C9H15N3O2/c10-3-4-12-8(13)7-9(11)1-5-14-6-2-9/h1-2,4-7,11H2,(H,12,13). The number of carbonyl (C=O) groups excluding carboxylic acids is 1. The van der Waals surface area contributed by atoms with Crippen molar-refractivity contribution in [3.8, 4) is 6.07 Å². The zero-order chi connectivity index (χ0) is 10.4. The topological polar surface area (TPSA) is 88.1 Å².